The predicted molar refractivity (Wildman–Crippen MR) is 129 cm³/mol. The lowest BCUT2D eigenvalue weighted by atomic mass is 9.48. The second-order valence-electron chi connectivity index (χ2n) is 12.1. The largest absolute Gasteiger partial charge is 0.481 e. The minimum absolute atomic E-state index is 0.124. The van der Waals surface area contributed by atoms with Crippen LogP contribution in [-0.4, -0.2) is 46.8 Å². The standard InChI is InChI=1S/C29H37NO4/c1-18-12-13-29(32)23-16-21-9-10-22(33-24(31)11-8-19-4-2-3-5-19)26-25(21)28(29,27(18)34-26)14-15-30(23)17-20-6-7-20/h9-10,19-20,23,27,32H,1-8,11-17H2. The van der Waals surface area contributed by atoms with Crippen LogP contribution in [0.25, 0.3) is 0 Å². The van der Waals surface area contributed by atoms with Gasteiger partial charge in [0.1, 0.15) is 6.10 Å². The molecule has 5 nitrogen and oxygen atoms in total. The van der Waals surface area contributed by atoms with Gasteiger partial charge in [-0.3, -0.25) is 9.69 Å². The van der Waals surface area contributed by atoms with E-state index >= 15 is 0 Å². The summed E-state index contributed by atoms with van der Waals surface area (Å²) in [5, 5.41) is 12.4. The molecule has 7 rings (SSSR count). The Morgan fingerprint density at radius 2 is 2.00 bits per heavy atom. The van der Waals surface area contributed by atoms with Crippen molar-refractivity contribution in [1.82, 2.24) is 4.90 Å². The maximum atomic E-state index is 12.8. The van der Waals surface area contributed by atoms with Gasteiger partial charge in [0.05, 0.1) is 11.0 Å². The molecule has 4 unspecified atom stereocenters. The van der Waals surface area contributed by atoms with Gasteiger partial charge >= 0.3 is 5.97 Å². The number of esters is 1. The summed E-state index contributed by atoms with van der Waals surface area (Å²) in [6, 6.07) is 4.19. The Labute approximate surface area is 202 Å². The molecule has 1 N–H and O–H groups in total. The van der Waals surface area contributed by atoms with Crippen molar-refractivity contribution in [3.05, 3.63) is 35.4 Å². The highest BCUT2D eigenvalue weighted by molar-refractivity contribution is 5.75. The van der Waals surface area contributed by atoms with E-state index in [2.05, 4.69) is 17.5 Å². The Hall–Kier alpha value is -1.85. The van der Waals surface area contributed by atoms with Gasteiger partial charge in [-0.05, 0) is 80.5 Å². The zero-order valence-corrected chi connectivity index (χ0v) is 20.2. The second kappa shape index (κ2) is 7.57. The molecule has 2 bridgehead atoms. The Bertz CT molecular complexity index is 1040. The molecule has 4 aliphatic carbocycles. The summed E-state index contributed by atoms with van der Waals surface area (Å²) >= 11 is 0. The SMILES string of the molecule is C=C1CCC2(O)C3Cc4ccc(OC(=O)CCC5CCCC5)c5c4C2(CCN3CC2CC2)C1O5. The Morgan fingerprint density at radius 1 is 1.18 bits per heavy atom. The highest BCUT2D eigenvalue weighted by Gasteiger charge is 2.72. The number of piperidine rings is 1. The lowest BCUT2D eigenvalue weighted by Crippen LogP contribution is -2.75. The predicted octanol–water partition coefficient (Wildman–Crippen LogP) is 4.68. The van der Waals surface area contributed by atoms with Crippen molar-refractivity contribution in [3.63, 3.8) is 0 Å². The second-order valence-corrected chi connectivity index (χ2v) is 12.1. The lowest BCUT2D eigenvalue weighted by molar-refractivity contribution is -0.174. The van der Waals surface area contributed by atoms with E-state index in [0.717, 1.165) is 62.2 Å². The van der Waals surface area contributed by atoms with Crippen molar-refractivity contribution in [3.8, 4) is 11.5 Å². The summed E-state index contributed by atoms with van der Waals surface area (Å²) in [6.07, 6.45) is 12.1. The zero-order valence-electron chi connectivity index (χ0n) is 20.2. The van der Waals surface area contributed by atoms with E-state index < -0.39 is 11.0 Å². The third kappa shape index (κ3) is 2.95. The van der Waals surface area contributed by atoms with Crippen LogP contribution in [0.4, 0.5) is 0 Å². The van der Waals surface area contributed by atoms with E-state index in [-0.39, 0.29) is 18.1 Å². The quantitative estimate of drug-likeness (QED) is 0.377. The van der Waals surface area contributed by atoms with E-state index in [9.17, 15) is 9.90 Å². The van der Waals surface area contributed by atoms with E-state index in [0.29, 0.717) is 23.8 Å². The molecule has 1 aromatic rings. The molecular formula is C29H37NO4. The summed E-state index contributed by atoms with van der Waals surface area (Å²) in [7, 11) is 0. The average molecular weight is 464 g/mol. The maximum absolute atomic E-state index is 12.8. The molecule has 0 radical (unpaired) electrons. The molecule has 1 spiro atoms. The maximum Gasteiger partial charge on any atom is 0.311 e. The molecule has 4 atom stereocenters. The summed E-state index contributed by atoms with van der Waals surface area (Å²) < 4.78 is 12.6. The van der Waals surface area contributed by atoms with Crippen LogP contribution in [-0.2, 0) is 16.6 Å². The van der Waals surface area contributed by atoms with Gasteiger partial charge in [-0.15, -0.1) is 0 Å². The smallest absolute Gasteiger partial charge is 0.311 e. The monoisotopic (exact) mass is 463 g/mol. The number of ether oxygens (including phenoxy) is 2. The third-order valence-corrected chi connectivity index (χ3v) is 10.2. The van der Waals surface area contributed by atoms with Crippen LogP contribution in [0, 0.1) is 11.8 Å². The molecule has 0 aromatic heterocycles. The van der Waals surface area contributed by atoms with Crippen molar-refractivity contribution < 1.29 is 19.4 Å². The van der Waals surface area contributed by atoms with Gasteiger partial charge in [0, 0.05) is 24.6 Å². The van der Waals surface area contributed by atoms with Gasteiger partial charge < -0.3 is 14.6 Å². The first-order valence-corrected chi connectivity index (χ1v) is 13.7. The highest BCUT2D eigenvalue weighted by Crippen LogP contribution is 2.66. The molecule has 34 heavy (non-hydrogen) atoms. The van der Waals surface area contributed by atoms with Crippen LogP contribution < -0.4 is 9.47 Å². The molecule has 2 heterocycles. The molecule has 0 amide bonds. The number of carbonyl (C=O) groups excluding carboxylic acids is 1. The van der Waals surface area contributed by atoms with E-state index in [1.54, 1.807) is 0 Å². The first kappa shape index (κ1) is 21.4. The molecule has 2 aliphatic heterocycles. The molecule has 1 aromatic carbocycles. The van der Waals surface area contributed by atoms with Gasteiger partial charge in [-0.1, -0.05) is 38.3 Å². The topological polar surface area (TPSA) is 59.0 Å². The number of nitrogens with zero attached hydrogens (tertiary/aromatic N) is 1. The number of likely N-dealkylation sites (tertiary alicyclic amines) is 1. The van der Waals surface area contributed by atoms with Gasteiger partial charge in [-0.2, -0.15) is 0 Å². The molecule has 5 heteroatoms. The fraction of sp³-hybridized carbons (Fsp3) is 0.690. The van der Waals surface area contributed by atoms with Crippen LogP contribution in [0.3, 0.4) is 0 Å². The van der Waals surface area contributed by atoms with Gasteiger partial charge in [0.25, 0.3) is 0 Å². The van der Waals surface area contributed by atoms with Crippen molar-refractivity contribution in [2.45, 2.75) is 100 Å². The van der Waals surface area contributed by atoms with E-state index in [1.807, 2.05) is 6.07 Å². The number of hydrogen-bond acceptors (Lipinski definition) is 5. The van der Waals surface area contributed by atoms with Crippen LogP contribution >= 0.6 is 0 Å². The van der Waals surface area contributed by atoms with Crippen LogP contribution in [0.15, 0.2) is 24.3 Å². The molecule has 6 aliphatic rings. The Morgan fingerprint density at radius 3 is 2.79 bits per heavy atom. The lowest BCUT2D eigenvalue weighted by Gasteiger charge is -2.63. The molecular weight excluding hydrogens is 426 g/mol. The van der Waals surface area contributed by atoms with Crippen molar-refractivity contribution in [1.29, 1.82) is 0 Å². The Balaban J connectivity index is 1.23. The summed E-state index contributed by atoms with van der Waals surface area (Å²) in [5.74, 6) is 2.54. The van der Waals surface area contributed by atoms with Crippen LogP contribution in [0.1, 0.15) is 81.8 Å². The van der Waals surface area contributed by atoms with Crippen molar-refractivity contribution in [2.24, 2.45) is 11.8 Å². The fourth-order valence-electron chi connectivity index (χ4n) is 8.26. The van der Waals surface area contributed by atoms with E-state index in [4.69, 9.17) is 9.47 Å². The molecule has 4 fully saturated rings. The van der Waals surface area contributed by atoms with Crippen molar-refractivity contribution >= 4 is 5.97 Å². The number of benzene rings is 1. The summed E-state index contributed by atoms with van der Waals surface area (Å²) in [6.45, 7) is 6.48. The average Bonchev–Trinajstić information content (AvgIpc) is 3.33. The van der Waals surface area contributed by atoms with Crippen molar-refractivity contribution in [2.75, 3.05) is 13.1 Å². The number of rotatable bonds is 6. The minimum Gasteiger partial charge on any atom is -0.481 e. The summed E-state index contributed by atoms with van der Waals surface area (Å²) in [5.41, 5.74) is 2.15. The van der Waals surface area contributed by atoms with Gasteiger partial charge in [-0.25, -0.2) is 0 Å². The number of hydrogen-bond donors (Lipinski definition) is 1. The van der Waals surface area contributed by atoms with E-state index in [1.165, 1.54) is 44.1 Å². The number of carbonyl (C=O) groups is 1. The molecule has 182 valence electrons. The first-order valence-electron chi connectivity index (χ1n) is 13.7. The van der Waals surface area contributed by atoms with Gasteiger partial charge in [0.15, 0.2) is 11.5 Å². The fourth-order valence-corrected chi connectivity index (χ4v) is 8.26. The third-order valence-electron chi connectivity index (χ3n) is 10.2. The normalized spacial score (nSPS) is 36.3. The Kier molecular flexibility index (Phi) is 4.77. The number of aliphatic hydroxyl groups is 1. The molecule has 3 saturated carbocycles. The van der Waals surface area contributed by atoms with Crippen LogP contribution in [0.5, 0.6) is 11.5 Å². The minimum atomic E-state index is -0.824. The van der Waals surface area contributed by atoms with Crippen LogP contribution in [0.2, 0.25) is 0 Å². The van der Waals surface area contributed by atoms with Gasteiger partial charge in [0.2, 0.25) is 0 Å². The highest BCUT2D eigenvalue weighted by atomic mass is 16.6. The summed E-state index contributed by atoms with van der Waals surface area (Å²) in [4.78, 5) is 15.4. The molecule has 1 saturated heterocycles. The first-order chi connectivity index (χ1) is 16.5. The zero-order chi connectivity index (χ0) is 23.1.